The fraction of sp³-hybridized carbons (Fsp3) is 0.231. The van der Waals surface area contributed by atoms with Crippen LogP contribution in [0.4, 0.5) is 0 Å². The molecule has 7 nitrogen and oxygen atoms in total. The molecule has 182 valence electrons. The third-order valence-corrected chi connectivity index (χ3v) is 9.15. The van der Waals surface area contributed by atoms with E-state index in [2.05, 4.69) is 26.1 Å². The fourth-order valence-corrected chi connectivity index (χ4v) is 7.15. The summed E-state index contributed by atoms with van der Waals surface area (Å²) in [5.41, 5.74) is 2.40. The Balaban J connectivity index is 1.51. The Kier molecular flexibility index (Phi) is 6.18. The van der Waals surface area contributed by atoms with E-state index in [4.69, 9.17) is 4.74 Å². The monoisotopic (exact) mass is 580 g/mol. The Morgan fingerprint density at radius 1 is 1.08 bits per heavy atom. The summed E-state index contributed by atoms with van der Waals surface area (Å²) in [7, 11) is 1.61. The summed E-state index contributed by atoms with van der Waals surface area (Å²) in [4.78, 5) is 28.9. The standard InChI is InChI=1S/C26H21BrN4O3S2/c1-34-18-12-10-17(11-13-18)30-23(33)22-19-4-2-3-5-21(19)36-24(22)31-25(30)28-29-26(31)35-14-20(32)15-6-8-16(27)9-7-15/h6-13H,2-5,14H2,1H3. The van der Waals surface area contributed by atoms with Crippen LogP contribution in [0.3, 0.4) is 0 Å². The van der Waals surface area contributed by atoms with Crippen molar-refractivity contribution < 1.29 is 9.53 Å². The third-order valence-electron chi connectivity index (χ3n) is 6.42. The lowest BCUT2D eigenvalue weighted by atomic mass is 9.97. The molecule has 6 rings (SSSR count). The van der Waals surface area contributed by atoms with Gasteiger partial charge in [-0.1, -0.05) is 39.8 Å². The van der Waals surface area contributed by atoms with E-state index < -0.39 is 0 Å². The maximum atomic E-state index is 13.9. The van der Waals surface area contributed by atoms with Crippen molar-refractivity contribution in [2.45, 2.75) is 30.8 Å². The van der Waals surface area contributed by atoms with Gasteiger partial charge in [0.05, 0.1) is 23.9 Å². The van der Waals surface area contributed by atoms with Gasteiger partial charge in [0.15, 0.2) is 10.9 Å². The van der Waals surface area contributed by atoms with Crippen LogP contribution in [0.2, 0.25) is 0 Å². The highest BCUT2D eigenvalue weighted by Gasteiger charge is 2.26. The molecule has 3 heterocycles. The van der Waals surface area contributed by atoms with E-state index in [1.807, 2.05) is 52.9 Å². The number of halogens is 1. The van der Waals surface area contributed by atoms with Gasteiger partial charge in [0, 0.05) is 14.9 Å². The summed E-state index contributed by atoms with van der Waals surface area (Å²) >= 11 is 6.40. The third kappa shape index (κ3) is 3.97. The number of benzene rings is 2. The average molecular weight is 582 g/mol. The molecule has 0 aliphatic heterocycles. The highest BCUT2D eigenvalue weighted by atomic mass is 79.9. The quantitative estimate of drug-likeness (QED) is 0.189. The van der Waals surface area contributed by atoms with Crippen LogP contribution in [0.5, 0.6) is 5.75 Å². The van der Waals surface area contributed by atoms with E-state index in [1.165, 1.54) is 16.6 Å². The molecule has 0 saturated heterocycles. The first-order valence-corrected chi connectivity index (χ1v) is 14.1. The number of nitrogens with zero attached hydrogens (tertiary/aromatic N) is 4. The Morgan fingerprint density at radius 2 is 1.83 bits per heavy atom. The van der Waals surface area contributed by atoms with E-state index in [0.717, 1.165) is 45.9 Å². The molecule has 0 amide bonds. The Hall–Kier alpha value is -2.95. The summed E-state index contributed by atoms with van der Waals surface area (Å²) in [5, 5.41) is 10.2. The maximum absolute atomic E-state index is 13.9. The van der Waals surface area contributed by atoms with E-state index in [1.54, 1.807) is 23.0 Å². The van der Waals surface area contributed by atoms with Crippen LogP contribution >= 0.6 is 39.0 Å². The van der Waals surface area contributed by atoms with Crippen LogP contribution in [0.15, 0.2) is 63.0 Å². The van der Waals surface area contributed by atoms with E-state index in [0.29, 0.717) is 27.9 Å². The number of thiophene rings is 1. The number of carbonyl (C=O) groups is 1. The number of ketones is 1. The Labute approximate surface area is 223 Å². The van der Waals surface area contributed by atoms with Crippen LogP contribution in [0.25, 0.3) is 21.7 Å². The lowest BCUT2D eigenvalue weighted by molar-refractivity contribution is 0.102. The molecule has 0 atom stereocenters. The van der Waals surface area contributed by atoms with Gasteiger partial charge in [-0.3, -0.25) is 9.59 Å². The SMILES string of the molecule is COc1ccc(-n2c(=O)c3c4c(sc3n3c(SCC(=O)c5ccc(Br)cc5)nnc23)CCCC4)cc1. The molecule has 0 saturated carbocycles. The molecule has 0 unspecified atom stereocenters. The number of hydrogen-bond acceptors (Lipinski definition) is 7. The van der Waals surface area contributed by atoms with Gasteiger partial charge in [0.25, 0.3) is 5.56 Å². The molecular formula is C26H21BrN4O3S2. The van der Waals surface area contributed by atoms with E-state index in [9.17, 15) is 9.59 Å². The van der Waals surface area contributed by atoms with Crippen molar-refractivity contribution in [2.24, 2.45) is 0 Å². The molecule has 0 radical (unpaired) electrons. The molecule has 2 aromatic carbocycles. The fourth-order valence-electron chi connectivity index (χ4n) is 4.62. The number of rotatable bonds is 6. The first-order valence-electron chi connectivity index (χ1n) is 11.6. The van der Waals surface area contributed by atoms with E-state index >= 15 is 0 Å². The number of aryl methyl sites for hydroxylation is 2. The second-order valence-corrected chi connectivity index (χ2v) is 11.5. The van der Waals surface area contributed by atoms with Crippen LogP contribution in [0.1, 0.15) is 33.6 Å². The maximum Gasteiger partial charge on any atom is 0.268 e. The first-order chi connectivity index (χ1) is 17.5. The molecule has 0 fully saturated rings. The number of thioether (sulfide) groups is 1. The first kappa shape index (κ1) is 23.4. The van der Waals surface area contributed by atoms with E-state index in [-0.39, 0.29) is 17.1 Å². The van der Waals surface area contributed by atoms with Gasteiger partial charge in [0.1, 0.15) is 10.6 Å². The van der Waals surface area contributed by atoms with Crippen molar-refractivity contribution in [2.75, 3.05) is 12.9 Å². The molecule has 36 heavy (non-hydrogen) atoms. The minimum Gasteiger partial charge on any atom is -0.497 e. The van der Waals surface area contributed by atoms with Crippen molar-refractivity contribution in [3.05, 3.63) is 79.4 Å². The predicted octanol–water partition coefficient (Wildman–Crippen LogP) is 5.72. The van der Waals surface area contributed by atoms with Crippen molar-refractivity contribution in [3.8, 4) is 11.4 Å². The van der Waals surface area contributed by atoms with Gasteiger partial charge >= 0.3 is 0 Å². The highest BCUT2D eigenvalue weighted by Crippen LogP contribution is 2.37. The smallest absolute Gasteiger partial charge is 0.268 e. The van der Waals surface area contributed by atoms with Gasteiger partial charge in [-0.05, 0) is 67.6 Å². The van der Waals surface area contributed by atoms with Gasteiger partial charge in [0.2, 0.25) is 5.78 Å². The lowest BCUT2D eigenvalue weighted by Crippen LogP contribution is -2.22. The number of carbonyl (C=O) groups excluding carboxylic acids is 1. The van der Waals surface area contributed by atoms with Gasteiger partial charge in [-0.2, -0.15) is 0 Å². The van der Waals surface area contributed by atoms with Crippen LogP contribution in [-0.2, 0) is 12.8 Å². The van der Waals surface area contributed by atoms with Crippen LogP contribution in [-0.4, -0.2) is 37.8 Å². The lowest BCUT2D eigenvalue weighted by Gasteiger charge is -2.12. The zero-order valence-corrected chi connectivity index (χ0v) is 22.6. The predicted molar refractivity (Wildman–Crippen MR) is 146 cm³/mol. The molecule has 5 aromatic rings. The number of Topliss-reactive ketones (excluding diaryl/α,β-unsaturated/α-hetero) is 1. The van der Waals surface area contributed by atoms with Gasteiger partial charge < -0.3 is 4.74 Å². The minimum atomic E-state index is -0.0862. The van der Waals surface area contributed by atoms with Crippen LogP contribution < -0.4 is 10.3 Å². The molecule has 3 aromatic heterocycles. The summed E-state index contributed by atoms with van der Waals surface area (Å²) in [5.74, 6) is 1.38. The molecule has 1 aliphatic rings. The second-order valence-electron chi connectivity index (χ2n) is 8.57. The highest BCUT2D eigenvalue weighted by molar-refractivity contribution is 9.10. The molecule has 1 aliphatic carbocycles. The Morgan fingerprint density at radius 3 is 2.58 bits per heavy atom. The number of ether oxygens (including phenoxy) is 1. The van der Waals surface area contributed by atoms with Crippen molar-refractivity contribution >= 4 is 60.8 Å². The van der Waals surface area contributed by atoms with Crippen molar-refractivity contribution in [1.29, 1.82) is 0 Å². The zero-order valence-electron chi connectivity index (χ0n) is 19.4. The number of hydrogen-bond donors (Lipinski definition) is 0. The molecule has 0 spiro atoms. The Bertz CT molecular complexity index is 1670. The minimum absolute atomic E-state index is 0.00874. The largest absolute Gasteiger partial charge is 0.497 e. The molecule has 0 bridgehead atoms. The van der Waals surface area contributed by atoms with Crippen LogP contribution in [0, 0.1) is 0 Å². The summed E-state index contributed by atoms with van der Waals surface area (Å²) in [6.07, 6.45) is 4.07. The summed E-state index contributed by atoms with van der Waals surface area (Å²) in [6.45, 7) is 0. The van der Waals surface area contributed by atoms with Crippen molar-refractivity contribution in [3.63, 3.8) is 0 Å². The number of fused-ring (bicyclic) bond motifs is 5. The summed E-state index contributed by atoms with van der Waals surface area (Å²) in [6, 6.07) is 14.7. The second kappa shape index (κ2) is 9.49. The number of aromatic nitrogens is 4. The molecule has 0 N–H and O–H groups in total. The zero-order chi connectivity index (χ0) is 24.8. The van der Waals surface area contributed by atoms with Gasteiger partial charge in [-0.15, -0.1) is 21.5 Å². The number of methoxy groups -OCH3 is 1. The van der Waals surface area contributed by atoms with Gasteiger partial charge in [-0.25, -0.2) is 8.97 Å². The normalized spacial score (nSPS) is 13.3. The average Bonchev–Trinajstić information content (AvgIpc) is 3.50. The molecular weight excluding hydrogens is 560 g/mol. The topological polar surface area (TPSA) is 78.5 Å². The van der Waals surface area contributed by atoms with Crippen molar-refractivity contribution in [1.82, 2.24) is 19.2 Å². The summed E-state index contributed by atoms with van der Waals surface area (Å²) < 4.78 is 9.80. The molecule has 10 heteroatoms.